The normalized spacial score (nSPS) is 21.6. The largest absolute Gasteiger partial charge is 1.00 e. The van der Waals surface area contributed by atoms with E-state index in [1.54, 1.807) is 12.5 Å². The van der Waals surface area contributed by atoms with E-state index in [0.717, 1.165) is 29.0 Å². The molecule has 2 bridgehead atoms. The molecule has 1 aliphatic carbocycles. The fourth-order valence-corrected chi connectivity index (χ4v) is 5.80. The summed E-state index contributed by atoms with van der Waals surface area (Å²) >= 11 is 0. The van der Waals surface area contributed by atoms with Crippen LogP contribution in [0.5, 0.6) is 11.5 Å². The van der Waals surface area contributed by atoms with Crippen LogP contribution in [-0.4, -0.2) is 6.79 Å². The number of hydrogen-bond donors (Lipinski definition) is 0. The molecular weight excluding hydrogens is 402 g/mol. The fourth-order valence-electron chi connectivity index (χ4n) is 5.80. The van der Waals surface area contributed by atoms with Gasteiger partial charge >= 0.3 is 0 Å². The molecule has 1 aromatic carbocycles. The molecule has 0 spiro atoms. The molecule has 6 heteroatoms. The van der Waals surface area contributed by atoms with Gasteiger partial charge in [-0.25, -0.2) is 0 Å². The molecule has 4 aliphatic rings. The molecule has 0 radical (unpaired) electrons. The van der Waals surface area contributed by atoms with Crippen LogP contribution in [0.15, 0.2) is 82.5 Å². The molecule has 150 valence electrons. The molecule has 2 unspecified atom stereocenters. The maximum Gasteiger partial charge on any atom is 0.231 e. The SMILES string of the molecule is [Cl-].c1cc[n+]2c(c1)C1c3c(ccc4c3OCO4)C2CC1(c1ccoc1)c1ccoc1. The predicted octanol–water partition coefficient (Wildman–Crippen LogP) is 1.32. The van der Waals surface area contributed by atoms with Gasteiger partial charge in [-0.1, -0.05) is 6.07 Å². The van der Waals surface area contributed by atoms with Gasteiger partial charge in [0.25, 0.3) is 0 Å². The van der Waals surface area contributed by atoms with E-state index in [2.05, 4.69) is 47.2 Å². The monoisotopic (exact) mass is 419 g/mol. The van der Waals surface area contributed by atoms with Crippen LogP contribution in [0.1, 0.15) is 46.3 Å². The molecule has 6 heterocycles. The number of benzene rings is 1. The van der Waals surface area contributed by atoms with Gasteiger partial charge in [-0.15, -0.1) is 0 Å². The van der Waals surface area contributed by atoms with Gasteiger partial charge in [0, 0.05) is 40.8 Å². The molecule has 0 saturated carbocycles. The summed E-state index contributed by atoms with van der Waals surface area (Å²) in [4.78, 5) is 0. The Morgan fingerprint density at radius 2 is 1.70 bits per heavy atom. The molecule has 3 aromatic heterocycles. The molecule has 2 atom stereocenters. The van der Waals surface area contributed by atoms with Crippen LogP contribution in [0.2, 0.25) is 0 Å². The Kier molecular flexibility index (Phi) is 3.63. The summed E-state index contributed by atoms with van der Waals surface area (Å²) in [6, 6.07) is 15.0. The number of aromatic nitrogens is 1. The first-order valence-corrected chi connectivity index (χ1v) is 9.86. The molecule has 0 saturated heterocycles. The Labute approximate surface area is 179 Å². The van der Waals surface area contributed by atoms with Crippen molar-refractivity contribution in [3.8, 4) is 11.5 Å². The molecule has 3 aliphatic heterocycles. The first kappa shape index (κ1) is 17.7. The van der Waals surface area contributed by atoms with E-state index in [-0.39, 0.29) is 36.6 Å². The average molecular weight is 420 g/mol. The Balaban J connectivity index is 0.00000175. The maximum absolute atomic E-state index is 6.01. The second-order valence-corrected chi connectivity index (χ2v) is 7.98. The molecule has 5 nitrogen and oxygen atoms in total. The summed E-state index contributed by atoms with van der Waals surface area (Å²) in [5.41, 5.74) is 5.82. The van der Waals surface area contributed by atoms with Crippen LogP contribution in [0.3, 0.4) is 0 Å². The second kappa shape index (κ2) is 6.16. The van der Waals surface area contributed by atoms with Crippen LogP contribution in [0, 0.1) is 0 Å². The molecule has 0 fully saturated rings. The van der Waals surface area contributed by atoms with Gasteiger partial charge in [0.15, 0.2) is 29.4 Å². The topological polar surface area (TPSA) is 48.6 Å². The van der Waals surface area contributed by atoms with Crippen molar-refractivity contribution in [2.75, 3.05) is 6.79 Å². The van der Waals surface area contributed by atoms with Gasteiger partial charge in [-0.05, 0) is 24.3 Å². The van der Waals surface area contributed by atoms with Crippen molar-refractivity contribution >= 4 is 0 Å². The molecule has 0 N–H and O–H groups in total. The Hall–Kier alpha value is -3.18. The van der Waals surface area contributed by atoms with Crippen molar-refractivity contribution in [3.05, 3.63) is 102 Å². The van der Waals surface area contributed by atoms with Crippen LogP contribution < -0.4 is 26.4 Å². The van der Waals surface area contributed by atoms with Gasteiger partial charge in [0.2, 0.25) is 6.79 Å². The molecule has 8 rings (SSSR count). The van der Waals surface area contributed by atoms with E-state index in [0.29, 0.717) is 0 Å². The quantitative estimate of drug-likeness (QED) is 0.460. The number of fused-ring (bicyclic) bond motifs is 2. The number of pyridine rings is 1. The fraction of sp³-hybridized carbons (Fsp3) is 0.208. The molecule has 0 amide bonds. The van der Waals surface area contributed by atoms with Crippen LogP contribution in [0.25, 0.3) is 0 Å². The summed E-state index contributed by atoms with van der Waals surface area (Å²) in [7, 11) is 0. The minimum Gasteiger partial charge on any atom is -1.00 e. The van der Waals surface area contributed by atoms with E-state index < -0.39 is 0 Å². The third kappa shape index (κ3) is 2.00. The standard InChI is InChI=1S/C24H18NO4.ClH/c1-2-8-25-18(3-1)22-21-17(4-5-20-23(21)29-14-28-20)19(25)11-24(22,15-6-9-26-12-15)16-7-10-27-13-16;/h1-10,12-13,19,22H,11,14H2;1H/q+1;/p-1. The van der Waals surface area contributed by atoms with E-state index in [9.17, 15) is 0 Å². The predicted molar refractivity (Wildman–Crippen MR) is 102 cm³/mol. The minimum absolute atomic E-state index is 0. The summed E-state index contributed by atoms with van der Waals surface area (Å²) < 4.78 is 25.3. The number of nitrogens with zero attached hydrogens (tertiary/aromatic N) is 1. The highest BCUT2D eigenvalue weighted by atomic mass is 35.5. The van der Waals surface area contributed by atoms with Gasteiger partial charge in [-0.3, -0.25) is 0 Å². The third-order valence-corrected chi connectivity index (χ3v) is 6.89. The zero-order valence-electron chi connectivity index (χ0n) is 16.0. The first-order chi connectivity index (χ1) is 14.4. The number of hydrogen-bond acceptors (Lipinski definition) is 4. The van der Waals surface area contributed by atoms with Gasteiger partial charge in [0.05, 0.1) is 36.4 Å². The van der Waals surface area contributed by atoms with Crippen molar-refractivity contribution in [2.45, 2.75) is 23.8 Å². The smallest absolute Gasteiger partial charge is 0.231 e. The Morgan fingerprint density at radius 3 is 2.43 bits per heavy atom. The zero-order chi connectivity index (χ0) is 19.0. The zero-order valence-corrected chi connectivity index (χ0v) is 16.7. The number of rotatable bonds is 2. The lowest BCUT2D eigenvalue weighted by Gasteiger charge is -2.48. The van der Waals surface area contributed by atoms with Crippen molar-refractivity contribution < 1.29 is 35.3 Å². The van der Waals surface area contributed by atoms with Gasteiger partial charge in [-0.2, -0.15) is 4.57 Å². The van der Waals surface area contributed by atoms with Crippen LogP contribution in [0.4, 0.5) is 0 Å². The number of furan rings is 2. The highest BCUT2D eigenvalue weighted by Crippen LogP contribution is 2.62. The van der Waals surface area contributed by atoms with E-state index in [1.807, 2.05) is 18.6 Å². The summed E-state index contributed by atoms with van der Waals surface area (Å²) in [5, 5.41) is 0. The van der Waals surface area contributed by atoms with E-state index in [4.69, 9.17) is 18.3 Å². The van der Waals surface area contributed by atoms with E-state index >= 15 is 0 Å². The van der Waals surface area contributed by atoms with Crippen LogP contribution in [-0.2, 0) is 5.41 Å². The van der Waals surface area contributed by atoms with Gasteiger partial charge < -0.3 is 30.7 Å². The molecular formula is C24H18ClNO4. The number of halogens is 1. The summed E-state index contributed by atoms with van der Waals surface area (Å²) in [6.45, 7) is 0.266. The van der Waals surface area contributed by atoms with Crippen molar-refractivity contribution in [3.63, 3.8) is 0 Å². The van der Waals surface area contributed by atoms with Crippen molar-refractivity contribution in [2.24, 2.45) is 0 Å². The summed E-state index contributed by atoms with van der Waals surface area (Å²) in [5.74, 6) is 1.76. The van der Waals surface area contributed by atoms with Crippen molar-refractivity contribution in [1.29, 1.82) is 0 Å². The maximum atomic E-state index is 6.01. The number of ether oxygens (including phenoxy) is 2. The lowest BCUT2D eigenvalue weighted by atomic mass is 9.54. The second-order valence-electron chi connectivity index (χ2n) is 7.98. The minimum atomic E-state index is -0.305. The third-order valence-electron chi connectivity index (χ3n) is 6.89. The highest BCUT2D eigenvalue weighted by Gasteiger charge is 2.61. The molecule has 4 aromatic rings. The lowest BCUT2D eigenvalue weighted by molar-refractivity contribution is -0.732. The average Bonchev–Trinajstić information content (AvgIpc) is 3.56. The van der Waals surface area contributed by atoms with Crippen LogP contribution >= 0.6 is 0 Å². The summed E-state index contributed by atoms with van der Waals surface area (Å²) in [6.07, 6.45) is 10.4. The Morgan fingerprint density at radius 1 is 0.900 bits per heavy atom. The van der Waals surface area contributed by atoms with E-state index in [1.165, 1.54) is 16.8 Å². The van der Waals surface area contributed by atoms with Gasteiger partial charge in [0.1, 0.15) is 0 Å². The molecule has 30 heavy (non-hydrogen) atoms. The van der Waals surface area contributed by atoms with Crippen molar-refractivity contribution in [1.82, 2.24) is 0 Å². The first-order valence-electron chi connectivity index (χ1n) is 9.86. The lowest BCUT2D eigenvalue weighted by Crippen LogP contribution is -3.00. The highest BCUT2D eigenvalue weighted by molar-refractivity contribution is 5.62. The Bertz CT molecular complexity index is 1200.